The first-order chi connectivity index (χ1) is 7.70. The summed E-state index contributed by atoms with van der Waals surface area (Å²) in [6.45, 7) is 2.78. The maximum absolute atomic E-state index is 5.81. The average molecular weight is 304 g/mol. The van der Waals surface area contributed by atoms with Gasteiger partial charge in [-0.05, 0) is 22.9 Å². The fourth-order valence-electron chi connectivity index (χ4n) is 1.09. The molecule has 7 heteroatoms. The Balaban J connectivity index is 2.23. The number of nitrogens with zero attached hydrogens (tertiary/aromatic N) is 4. The van der Waals surface area contributed by atoms with Crippen LogP contribution in [0.3, 0.4) is 0 Å². The molecular formula is C9H8BrClN4O. The van der Waals surface area contributed by atoms with Crippen molar-refractivity contribution in [3.8, 4) is 11.6 Å². The Morgan fingerprint density at radius 2 is 2.31 bits per heavy atom. The summed E-state index contributed by atoms with van der Waals surface area (Å²) in [4.78, 5) is 7.78. The van der Waals surface area contributed by atoms with E-state index in [1.54, 1.807) is 17.1 Å². The van der Waals surface area contributed by atoms with Gasteiger partial charge in [0.15, 0.2) is 10.9 Å². The van der Waals surface area contributed by atoms with E-state index in [0.29, 0.717) is 21.3 Å². The molecule has 0 N–H and O–H groups in total. The van der Waals surface area contributed by atoms with Gasteiger partial charge in [0.1, 0.15) is 10.8 Å². The molecule has 0 spiro atoms. The first-order valence-electron chi connectivity index (χ1n) is 4.57. The standard InChI is InChI=1S/C9H8BrClN4O/c1-2-15-4-6(3-14-15)16-9-7(10)8(11)12-5-13-9/h3-5H,2H2,1H3. The Labute approximate surface area is 106 Å². The molecule has 0 saturated heterocycles. The molecule has 0 aliphatic carbocycles. The normalized spacial score (nSPS) is 10.4. The van der Waals surface area contributed by atoms with E-state index in [0.717, 1.165) is 6.54 Å². The van der Waals surface area contributed by atoms with E-state index in [4.69, 9.17) is 16.3 Å². The summed E-state index contributed by atoms with van der Waals surface area (Å²) < 4.78 is 7.79. The van der Waals surface area contributed by atoms with Crippen molar-refractivity contribution in [3.63, 3.8) is 0 Å². The van der Waals surface area contributed by atoms with Gasteiger partial charge < -0.3 is 4.74 Å². The van der Waals surface area contributed by atoms with Gasteiger partial charge in [-0.1, -0.05) is 11.6 Å². The number of hydrogen-bond acceptors (Lipinski definition) is 4. The summed E-state index contributed by atoms with van der Waals surface area (Å²) in [6, 6.07) is 0. The van der Waals surface area contributed by atoms with Crippen molar-refractivity contribution < 1.29 is 4.74 Å². The molecule has 0 aliphatic rings. The molecule has 0 amide bonds. The monoisotopic (exact) mass is 302 g/mol. The third-order valence-electron chi connectivity index (χ3n) is 1.86. The zero-order valence-electron chi connectivity index (χ0n) is 8.39. The van der Waals surface area contributed by atoms with Gasteiger partial charge in [0, 0.05) is 6.54 Å². The van der Waals surface area contributed by atoms with Crippen LogP contribution in [0.1, 0.15) is 6.92 Å². The van der Waals surface area contributed by atoms with E-state index in [1.807, 2.05) is 6.92 Å². The lowest BCUT2D eigenvalue weighted by Crippen LogP contribution is -1.93. The highest BCUT2D eigenvalue weighted by Crippen LogP contribution is 2.31. The summed E-state index contributed by atoms with van der Waals surface area (Å²) in [5.41, 5.74) is 0. The van der Waals surface area contributed by atoms with E-state index in [2.05, 4.69) is 31.0 Å². The molecular weight excluding hydrogens is 295 g/mol. The predicted octanol–water partition coefficient (Wildman–Crippen LogP) is 2.90. The number of halogens is 2. The van der Waals surface area contributed by atoms with Gasteiger partial charge in [-0.2, -0.15) is 5.10 Å². The van der Waals surface area contributed by atoms with Gasteiger partial charge in [-0.15, -0.1) is 0 Å². The van der Waals surface area contributed by atoms with Crippen LogP contribution in [-0.4, -0.2) is 19.7 Å². The zero-order chi connectivity index (χ0) is 11.5. The molecule has 5 nitrogen and oxygen atoms in total. The summed E-state index contributed by atoms with van der Waals surface area (Å²) in [7, 11) is 0. The molecule has 0 bridgehead atoms. The third-order valence-corrected chi connectivity index (χ3v) is 3.09. The lowest BCUT2D eigenvalue weighted by molar-refractivity contribution is 0.457. The van der Waals surface area contributed by atoms with Crippen molar-refractivity contribution >= 4 is 27.5 Å². The molecule has 2 aromatic heterocycles. The molecule has 0 aliphatic heterocycles. The van der Waals surface area contributed by atoms with Crippen LogP contribution in [0.4, 0.5) is 0 Å². The van der Waals surface area contributed by atoms with Gasteiger partial charge in [-0.3, -0.25) is 4.68 Å². The van der Waals surface area contributed by atoms with Crippen molar-refractivity contribution in [1.82, 2.24) is 19.7 Å². The van der Waals surface area contributed by atoms with Gasteiger partial charge in [-0.25, -0.2) is 9.97 Å². The second-order valence-electron chi connectivity index (χ2n) is 2.92. The second-order valence-corrected chi connectivity index (χ2v) is 4.07. The summed E-state index contributed by atoms with van der Waals surface area (Å²) >= 11 is 9.07. The first kappa shape index (κ1) is 11.3. The van der Waals surface area contributed by atoms with Gasteiger partial charge in [0.25, 0.3) is 0 Å². The first-order valence-corrected chi connectivity index (χ1v) is 5.74. The second kappa shape index (κ2) is 4.80. The molecule has 84 valence electrons. The Morgan fingerprint density at radius 3 is 3.00 bits per heavy atom. The van der Waals surface area contributed by atoms with Gasteiger partial charge in [0.2, 0.25) is 5.88 Å². The molecule has 2 heterocycles. The smallest absolute Gasteiger partial charge is 0.238 e. The van der Waals surface area contributed by atoms with E-state index < -0.39 is 0 Å². The van der Waals surface area contributed by atoms with Crippen LogP contribution in [0.25, 0.3) is 0 Å². The largest absolute Gasteiger partial charge is 0.434 e. The quantitative estimate of drug-likeness (QED) is 0.818. The number of aryl methyl sites for hydroxylation is 1. The Morgan fingerprint density at radius 1 is 1.50 bits per heavy atom. The molecule has 0 saturated carbocycles. The summed E-state index contributed by atoms with van der Waals surface area (Å²) in [5.74, 6) is 0.980. The Hall–Kier alpha value is -1.14. The van der Waals surface area contributed by atoms with Crippen molar-refractivity contribution in [3.05, 3.63) is 28.3 Å². The fraction of sp³-hybridized carbons (Fsp3) is 0.222. The van der Waals surface area contributed by atoms with Crippen LogP contribution < -0.4 is 4.74 Å². The van der Waals surface area contributed by atoms with Crippen LogP contribution in [-0.2, 0) is 6.54 Å². The van der Waals surface area contributed by atoms with E-state index in [9.17, 15) is 0 Å². The third kappa shape index (κ3) is 2.33. The highest BCUT2D eigenvalue weighted by atomic mass is 79.9. The minimum Gasteiger partial charge on any atom is -0.434 e. The Kier molecular flexibility index (Phi) is 3.40. The zero-order valence-corrected chi connectivity index (χ0v) is 10.7. The topological polar surface area (TPSA) is 52.8 Å². The van der Waals surface area contributed by atoms with E-state index >= 15 is 0 Å². The van der Waals surface area contributed by atoms with Crippen LogP contribution >= 0.6 is 27.5 Å². The van der Waals surface area contributed by atoms with Crippen molar-refractivity contribution in [2.24, 2.45) is 0 Å². The fourth-order valence-corrected chi connectivity index (χ4v) is 1.50. The molecule has 16 heavy (non-hydrogen) atoms. The molecule has 0 atom stereocenters. The van der Waals surface area contributed by atoms with E-state index in [1.165, 1.54) is 6.33 Å². The summed E-state index contributed by atoms with van der Waals surface area (Å²) in [5, 5.41) is 4.40. The van der Waals surface area contributed by atoms with Crippen LogP contribution in [0.2, 0.25) is 5.15 Å². The number of ether oxygens (including phenoxy) is 1. The molecule has 2 rings (SSSR count). The highest BCUT2D eigenvalue weighted by Gasteiger charge is 2.09. The molecule has 2 aromatic rings. The Bertz CT molecular complexity index is 502. The van der Waals surface area contributed by atoms with Crippen molar-refractivity contribution in [2.45, 2.75) is 13.5 Å². The van der Waals surface area contributed by atoms with Crippen molar-refractivity contribution in [2.75, 3.05) is 0 Å². The maximum atomic E-state index is 5.81. The lowest BCUT2D eigenvalue weighted by Gasteiger charge is -2.03. The average Bonchev–Trinajstić information content (AvgIpc) is 2.73. The minimum absolute atomic E-state index is 0.313. The van der Waals surface area contributed by atoms with Crippen LogP contribution in [0.15, 0.2) is 23.2 Å². The lowest BCUT2D eigenvalue weighted by atomic mass is 10.6. The number of aromatic nitrogens is 4. The predicted molar refractivity (Wildman–Crippen MR) is 62.7 cm³/mol. The van der Waals surface area contributed by atoms with Crippen LogP contribution in [0, 0.1) is 0 Å². The van der Waals surface area contributed by atoms with Gasteiger partial charge in [0.05, 0.1) is 12.4 Å². The van der Waals surface area contributed by atoms with Crippen molar-refractivity contribution in [1.29, 1.82) is 0 Å². The molecule has 0 radical (unpaired) electrons. The SMILES string of the molecule is CCn1cc(Oc2ncnc(Cl)c2Br)cn1. The number of hydrogen-bond donors (Lipinski definition) is 0. The number of rotatable bonds is 3. The molecule has 0 fully saturated rings. The highest BCUT2D eigenvalue weighted by molar-refractivity contribution is 9.10. The maximum Gasteiger partial charge on any atom is 0.238 e. The van der Waals surface area contributed by atoms with Crippen LogP contribution in [0.5, 0.6) is 11.6 Å². The minimum atomic E-state index is 0.313. The van der Waals surface area contributed by atoms with E-state index in [-0.39, 0.29) is 0 Å². The molecule has 0 aromatic carbocycles. The van der Waals surface area contributed by atoms with Gasteiger partial charge >= 0.3 is 0 Å². The molecule has 0 unspecified atom stereocenters. The summed E-state index contributed by atoms with van der Waals surface area (Å²) in [6.07, 6.45) is 4.74.